The average molecular weight is 243 g/mol. The second kappa shape index (κ2) is 8.90. The van der Waals surface area contributed by atoms with E-state index in [4.69, 9.17) is 4.74 Å². The van der Waals surface area contributed by atoms with Crippen molar-refractivity contribution in [3.05, 3.63) is 0 Å². The van der Waals surface area contributed by atoms with Crippen LogP contribution in [0.25, 0.3) is 0 Å². The molecule has 0 heterocycles. The molecule has 102 valence electrons. The minimum Gasteiger partial charge on any atom is -0.389 e. The minimum atomic E-state index is -0.350. The number of ether oxygens (including phenoxy) is 1. The quantitative estimate of drug-likeness (QED) is 0.579. The summed E-state index contributed by atoms with van der Waals surface area (Å²) in [6, 6.07) is 0.629. The molecule has 0 aromatic rings. The standard InChI is InChI=1S/C14H29NO2/c1-3-4-5-6-7-17-11-14(16)10-15-13-8-12(2)9-13/h12-16H,3-11H2,1-2H3. The lowest BCUT2D eigenvalue weighted by molar-refractivity contribution is 0.0314. The van der Waals surface area contributed by atoms with Gasteiger partial charge < -0.3 is 15.2 Å². The molecule has 1 unspecified atom stereocenters. The third-order valence-corrected chi connectivity index (χ3v) is 3.47. The van der Waals surface area contributed by atoms with Crippen molar-refractivity contribution in [3.8, 4) is 0 Å². The molecule has 1 aliphatic rings. The Labute approximate surface area is 106 Å². The van der Waals surface area contributed by atoms with Crippen LogP contribution in [0.15, 0.2) is 0 Å². The summed E-state index contributed by atoms with van der Waals surface area (Å²) in [4.78, 5) is 0. The zero-order valence-electron chi connectivity index (χ0n) is 11.5. The maximum absolute atomic E-state index is 9.70. The molecule has 0 radical (unpaired) electrons. The maximum atomic E-state index is 9.70. The Morgan fingerprint density at radius 3 is 2.71 bits per heavy atom. The molecular weight excluding hydrogens is 214 g/mol. The predicted octanol–water partition coefficient (Wildman–Crippen LogP) is 2.33. The van der Waals surface area contributed by atoms with Crippen LogP contribution in [-0.2, 0) is 4.74 Å². The molecule has 1 fully saturated rings. The van der Waals surface area contributed by atoms with Gasteiger partial charge >= 0.3 is 0 Å². The third kappa shape index (κ3) is 7.02. The van der Waals surface area contributed by atoms with Gasteiger partial charge in [0, 0.05) is 19.2 Å². The topological polar surface area (TPSA) is 41.5 Å². The van der Waals surface area contributed by atoms with Crippen LogP contribution in [0, 0.1) is 5.92 Å². The third-order valence-electron chi connectivity index (χ3n) is 3.47. The normalized spacial score (nSPS) is 25.6. The van der Waals surface area contributed by atoms with Crippen molar-refractivity contribution in [2.24, 2.45) is 5.92 Å². The number of aliphatic hydroxyl groups excluding tert-OH is 1. The van der Waals surface area contributed by atoms with Crippen molar-refractivity contribution in [2.45, 2.75) is 64.5 Å². The fraction of sp³-hybridized carbons (Fsp3) is 1.00. The van der Waals surface area contributed by atoms with E-state index in [9.17, 15) is 5.11 Å². The van der Waals surface area contributed by atoms with Crippen molar-refractivity contribution < 1.29 is 9.84 Å². The van der Waals surface area contributed by atoms with Gasteiger partial charge in [-0.05, 0) is 25.2 Å². The number of hydrogen-bond donors (Lipinski definition) is 2. The van der Waals surface area contributed by atoms with Gasteiger partial charge in [0.05, 0.1) is 12.7 Å². The van der Waals surface area contributed by atoms with Crippen LogP contribution in [0.2, 0.25) is 0 Å². The fourth-order valence-corrected chi connectivity index (χ4v) is 2.28. The van der Waals surface area contributed by atoms with E-state index in [1.165, 1.54) is 32.1 Å². The number of aliphatic hydroxyl groups is 1. The fourth-order valence-electron chi connectivity index (χ4n) is 2.28. The molecular formula is C14H29NO2. The highest BCUT2D eigenvalue weighted by molar-refractivity contribution is 4.82. The SMILES string of the molecule is CCCCCCOCC(O)CNC1CC(C)C1. The summed E-state index contributed by atoms with van der Waals surface area (Å²) in [6.45, 7) is 6.41. The van der Waals surface area contributed by atoms with Crippen LogP contribution in [0.5, 0.6) is 0 Å². The van der Waals surface area contributed by atoms with Gasteiger partial charge in [0.15, 0.2) is 0 Å². The summed E-state index contributed by atoms with van der Waals surface area (Å²) in [5, 5.41) is 13.1. The molecule has 0 aliphatic heterocycles. The molecule has 1 saturated carbocycles. The number of nitrogens with one attached hydrogen (secondary N) is 1. The van der Waals surface area contributed by atoms with E-state index in [1.54, 1.807) is 0 Å². The first-order valence-electron chi connectivity index (χ1n) is 7.21. The lowest BCUT2D eigenvalue weighted by atomic mass is 9.82. The zero-order valence-corrected chi connectivity index (χ0v) is 11.5. The molecule has 0 amide bonds. The summed E-state index contributed by atoms with van der Waals surface area (Å²) < 4.78 is 5.46. The number of hydrogen-bond acceptors (Lipinski definition) is 3. The Balaban J connectivity index is 1.82. The molecule has 0 aromatic heterocycles. The second-order valence-corrected chi connectivity index (χ2v) is 5.47. The second-order valence-electron chi connectivity index (χ2n) is 5.47. The van der Waals surface area contributed by atoms with Crippen molar-refractivity contribution in [3.63, 3.8) is 0 Å². The van der Waals surface area contributed by atoms with Gasteiger partial charge in [-0.15, -0.1) is 0 Å². The van der Waals surface area contributed by atoms with Crippen LogP contribution in [0.1, 0.15) is 52.4 Å². The molecule has 3 heteroatoms. The van der Waals surface area contributed by atoms with Crippen molar-refractivity contribution in [1.29, 1.82) is 0 Å². The van der Waals surface area contributed by atoms with Crippen LogP contribution in [-0.4, -0.2) is 37.0 Å². The summed E-state index contributed by atoms with van der Waals surface area (Å²) in [5.41, 5.74) is 0. The zero-order chi connectivity index (χ0) is 12.5. The van der Waals surface area contributed by atoms with Gasteiger partial charge in [-0.1, -0.05) is 33.1 Å². The van der Waals surface area contributed by atoms with E-state index in [1.807, 2.05) is 0 Å². The number of rotatable bonds is 10. The van der Waals surface area contributed by atoms with Gasteiger partial charge in [-0.2, -0.15) is 0 Å². The summed E-state index contributed by atoms with van der Waals surface area (Å²) >= 11 is 0. The van der Waals surface area contributed by atoms with E-state index in [0.29, 0.717) is 19.2 Å². The van der Waals surface area contributed by atoms with Crippen LogP contribution >= 0.6 is 0 Å². The first-order valence-corrected chi connectivity index (χ1v) is 7.21. The maximum Gasteiger partial charge on any atom is 0.0897 e. The van der Waals surface area contributed by atoms with E-state index in [2.05, 4.69) is 19.2 Å². The van der Waals surface area contributed by atoms with E-state index in [-0.39, 0.29) is 6.10 Å². The smallest absolute Gasteiger partial charge is 0.0897 e. The Morgan fingerprint density at radius 1 is 1.29 bits per heavy atom. The minimum absolute atomic E-state index is 0.350. The number of unbranched alkanes of at least 4 members (excludes halogenated alkanes) is 3. The van der Waals surface area contributed by atoms with Crippen molar-refractivity contribution in [1.82, 2.24) is 5.32 Å². The summed E-state index contributed by atoms with van der Waals surface area (Å²) in [5.74, 6) is 0.861. The van der Waals surface area contributed by atoms with Crippen molar-refractivity contribution >= 4 is 0 Å². The molecule has 1 rings (SSSR count). The Bertz CT molecular complexity index is 181. The molecule has 0 spiro atoms. The van der Waals surface area contributed by atoms with Crippen LogP contribution < -0.4 is 5.32 Å². The molecule has 1 atom stereocenters. The molecule has 1 aliphatic carbocycles. The molecule has 0 saturated heterocycles. The highest BCUT2D eigenvalue weighted by Gasteiger charge is 2.24. The monoisotopic (exact) mass is 243 g/mol. The Hall–Kier alpha value is -0.120. The molecule has 17 heavy (non-hydrogen) atoms. The molecule has 0 bridgehead atoms. The van der Waals surface area contributed by atoms with E-state index in [0.717, 1.165) is 18.9 Å². The van der Waals surface area contributed by atoms with Crippen molar-refractivity contribution in [2.75, 3.05) is 19.8 Å². The van der Waals surface area contributed by atoms with E-state index < -0.39 is 0 Å². The first-order chi connectivity index (χ1) is 8.22. The summed E-state index contributed by atoms with van der Waals surface area (Å²) in [7, 11) is 0. The lowest BCUT2D eigenvalue weighted by Gasteiger charge is -2.34. The lowest BCUT2D eigenvalue weighted by Crippen LogP contribution is -2.44. The molecule has 2 N–H and O–H groups in total. The highest BCUT2D eigenvalue weighted by Crippen LogP contribution is 2.25. The highest BCUT2D eigenvalue weighted by atomic mass is 16.5. The van der Waals surface area contributed by atoms with Gasteiger partial charge in [0.2, 0.25) is 0 Å². The van der Waals surface area contributed by atoms with E-state index >= 15 is 0 Å². The van der Waals surface area contributed by atoms with Gasteiger partial charge in [-0.3, -0.25) is 0 Å². The largest absolute Gasteiger partial charge is 0.389 e. The predicted molar refractivity (Wildman–Crippen MR) is 71.2 cm³/mol. The van der Waals surface area contributed by atoms with Gasteiger partial charge in [0.1, 0.15) is 0 Å². The van der Waals surface area contributed by atoms with Crippen LogP contribution in [0.4, 0.5) is 0 Å². The van der Waals surface area contributed by atoms with Gasteiger partial charge in [0.25, 0.3) is 0 Å². The molecule has 3 nitrogen and oxygen atoms in total. The van der Waals surface area contributed by atoms with Gasteiger partial charge in [-0.25, -0.2) is 0 Å². The van der Waals surface area contributed by atoms with Crippen LogP contribution in [0.3, 0.4) is 0 Å². The first kappa shape index (κ1) is 14.9. The Morgan fingerprint density at radius 2 is 2.06 bits per heavy atom. The average Bonchev–Trinajstić information content (AvgIpc) is 2.27. The molecule has 0 aromatic carbocycles. The summed E-state index contributed by atoms with van der Waals surface area (Å²) in [6.07, 6.45) is 7.06. The Kier molecular flexibility index (Phi) is 7.82.